The van der Waals surface area contributed by atoms with Crippen molar-refractivity contribution in [3.63, 3.8) is 0 Å². The van der Waals surface area contributed by atoms with E-state index in [-0.39, 0.29) is 12.0 Å². The smallest absolute Gasteiger partial charge is 0.263 e. The van der Waals surface area contributed by atoms with Gasteiger partial charge in [0.2, 0.25) is 0 Å². The first-order chi connectivity index (χ1) is 9.10. The fourth-order valence-electron chi connectivity index (χ4n) is 1.89. The van der Waals surface area contributed by atoms with Gasteiger partial charge in [0.25, 0.3) is 5.91 Å². The van der Waals surface area contributed by atoms with Crippen LogP contribution in [-0.4, -0.2) is 24.7 Å². The Hall–Kier alpha value is -0.630. The number of nitrogens with one attached hydrogen (secondary N) is 1. The number of hydrogen-bond acceptors (Lipinski definition) is 4. The van der Waals surface area contributed by atoms with Gasteiger partial charge >= 0.3 is 0 Å². The Balaban J connectivity index is 1.85. The average Bonchev–Trinajstić information content (AvgIpc) is 2.85. The molecule has 0 aliphatic carbocycles. The summed E-state index contributed by atoms with van der Waals surface area (Å²) in [7, 11) is 0. The second kappa shape index (κ2) is 6.69. The minimum Gasteiger partial charge on any atom is -0.490 e. The number of nitrogens with two attached hydrogens (primary N) is 1. The molecular formula is C12H14Br2N2O3. The molecule has 19 heavy (non-hydrogen) atoms. The van der Waals surface area contributed by atoms with E-state index in [9.17, 15) is 4.79 Å². The fraction of sp³-hybridized carbons (Fsp3) is 0.417. The summed E-state index contributed by atoms with van der Waals surface area (Å²) in [4.78, 5) is 11.3. The van der Waals surface area contributed by atoms with Crippen molar-refractivity contribution in [1.82, 2.24) is 5.43 Å². The quantitative estimate of drug-likeness (QED) is 0.467. The third kappa shape index (κ3) is 3.92. The van der Waals surface area contributed by atoms with Crippen molar-refractivity contribution in [3.8, 4) is 5.75 Å². The Kier molecular flexibility index (Phi) is 5.20. The molecule has 2 rings (SSSR count). The summed E-state index contributed by atoms with van der Waals surface area (Å²) < 4.78 is 13.1. The highest BCUT2D eigenvalue weighted by Gasteiger charge is 2.30. The van der Waals surface area contributed by atoms with E-state index in [1.165, 1.54) is 0 Å². The summed E-state index contributed by atoms with van der Waals surface area (Å²) >= 11 is 6.81. The summed E-state index contributed by atoms with van der Waals surface area (Å²) in [6.07, 6.45) is 0.898. The lowest BCUT2D eigenvalue weighted by atomic mass is 10.2. The van der Waals surface area contributed by atoms with Crippen LogP contribution in [0.2, 0.25) is 0 Å². The Labute approximate surface area is 128 Å². The molecule has 3 N–H and O–H groups in total. The number of ether oxygens (including phenoxy) is 2. The van der Waals surface area contributed by atoms with Gasteiger partial charge < -0.3 is 9.47 Å². The summed E-state index contributed by atoms with van der Waals surface area (Å²) in [5.74, 6) is 5.54. The Bertz CT molecular complexity index is 470. The molecule has 2 unspecified atom stereocenters. The van der Waals surface area contributed by atoms with Crippen LogP contribution >= 0.6 is 31.9 Å². The third-order valence-corrected chi connectivity index (χ3v) is 3.97. The van der Waals surface area contributed by atoms with Crippen LogP contribution in [-0.2, 0) is 9.53 Å². The number of rotatable bonds is 4. The summed E-state index contributed by atoms with van der Waals surface area (Å²) in [5, 5.41) is 0. The lowest BCUT2D eigenvalue weighted by molar-refractivity contribution is -0.132. The minimum atomic E-state index is -0.466. The van der Waals surface area contributed by atoms with Crippen molar-refractivity contribution >= 4 is 37.8 Å². The molecule has 1 saturated heterocycles. The van der Waals surface area contributed by atoms with E-state index >= 15 is 0 Å². The minimum absolute atomic E-state index is 0.0853. The Morgan fingerprint density at radius 2 is 2.26 bits per heavy atom. The summed E-state index contributed by atoms with van der Waals surface area (Å²) in [5.41, 5.74) is 2.10. The molecule has 2 atom stereocenters. The maximum absolute atomic E-state index is 11.3. The highest BCUT2D eigenvalue weighted by molar-refractivity contribution is 9.11. The highest BCUT2D eigenvalue weighted by Crippen LogP contribution is 2.29. The molecule has 1 aromatic carbocycles. The van der Waals surface area contributed by atoms with Crippen LogP contribution in [0.4, 0.5) is 0 Å². The van der Waals surface area contributed by atoms with Crippen LogP contribution < -0.4 is 16.0 Å². The molecule has 0 saturated carbocycles. The van der Waals surface area contributed by atoms with Crippen LogP contribution in [0.5, 0.6) is 5.75 Å². The van der Waals surface area contributed by atoms with Crippen LogP contribution in [0.3, 0.4) is 0 Å². The molecule has 0 radical (unpaired) electrons. The van der Waals surface area contributed by atoms with Gasteiger partial charge in [0.15, 0.2) is 0 Å². The molecule has 104 valence electrons. The Morgan fingerprint density at radius 1 is 1.47 bits per heavy atom. The van der Waals surface area contributed by atoms with Crippen molar-refractivity contribution in [2.24, 2.45) is 5.84 Å². The maximum Gasteiger partial charge on any atom is 0.263 e. The number of carbonyl (C=O) groups excluding carboxylic acids is 1. The van der Waals surface area contributed by atoms with Crippen molar-refractivity contribution < 1.29 is 14.3 Å². The normalized spacial score (nSPS) is 22.3. The number of amides is 1. The molecule has 0 bridgehead atoms. The summed E-state index contributed by atoms with van der Waals surface area (Å²) in [6.45, 7) is 0.411. The first-order valence-electron chi connectivity index (χ1n) is 5.84. The predicted octanol–water partition coefficient (Wildman–Crippen LogP) is 2.13. The molecule has 5 nitrogen and oxygen atoms in total. The second-order valence-electron chi connectivity index (χ2n) is 4.22. The topological polar surface area (TPSA) is 73.6 Å². The van der Waals surface area contributed by atoms with Gasteiger partial charge in [-0.25, -0.2) is 5.84 Å². The zero-order valence-electron chi connectivity index (χ0n) is 10.1. The van der Waals surface area contributed by atoms with E-state index < -0.39 is 6.10 Å². The molecule has 1 aromatic rings. The van der Waals surface area contributed by atoms with Crippen molar-refractivity contribution in [2.75, 3.05) is 6.61 Å². The standard InChI is InChI=1S/C12H14Br2N2O3/c13-7-1-3-10(9(14)5-7)18-6-8-2-4-11(19-8)12(17)16-15/h1,3,5,8,11H,2,4,6,15H2,(H,16,17). The average molecular weight is 394 g/mol. The van der Waals surface area contributed by atoms with E-state index in [1.54, 1.807) is 0 Å². The maximum atomic E-state index is 11.3. The van der Waals surface area contributed by atoms with Gasteiger partial charge in [0.1, 0.15) is 18.5 Å². The van der Waals surface area contributed by atoms with Crippen molar-refractivity contribution in [1.29, 1.82) is 0 Å². The lowest BCUT2D eigenvalue weighted by Gasteiger charge is -2.14. The van der Waals surface area contributed by atoms with Gasteiger partial charge in [-0.1, -0.05) is 15.9 Å². The van der Waals surface area contributed by atoms with Gasteiger partial charge in [-0.2, -0.15) is 0 Å². The van der Waals surface area contributed by atoms with Crippen LogP contribution in [0, 0.1) is 0 Å². The molecule has 1 aliphatic rings. The van der Waals surface area contributed by atoms with Gasteiger partial charge in [0.05, 0.1) is 10.6 Å². The number of benzene rings is 1. The van der Waals surface area contributed by atoms with Gasteiger partial charge in [-0.3, -0.25) is 10.2 Å². The molecule has 0 spiro atoms. The fourth-order valence-corrected chi connectivity index (χ4v) is 3.05. The molecule has 1 aliphatic heterocycles. The molecular weight excluding hydrogens is 380 g/mol. The first-order valence-corrected chi connectivity index (χ1v) is 7.42. The van der Waals surface area contributed by atoms with Gasteiger partial charge in [-0.15, -0.1) is 0 Å². The number of hydrazine groups is 1. The lowest BCUT2D eigenvalue weighted by Crippen LogP contribution is -2.39. The second-order valence-corrected chi connectivity index (χ2v) is 5.99. The molecule has 7 heteroatoms. The zero-order valence-corrected chi connectivity index (χ0v) is 13.2. The number of carbonyl (C=O) groups is 1. The molecule has 1 amide bonds. The number of hydrogen-bond donors (Lipinski definition) is 2. The molecule has 1 fully saturated rings. The summed E-state index contributed by atoms with van der Waals surface area (Å²) in [6, 6.07) is 5.68. The monoisotopic (exact) mass is 392 g/mol. The highest BCUT2D eigenvalue weighted by atomic mass is 79.9. The molecule has 1 heterocycles. The van der Waals surface area contributed by atoms with Crippen molar-refractivity contribution in [2.45, 2.75) is 25.0 Å². The largest absolute Gasteiger partial charge is 0.490 e. The van der Waals surface area contributed by atoms with Crippen LogP contribution in [0.15, 0.2) is 27.1 Å². The zero-order chi connectivity index (χ0) is 13.8. The van der Waals surface area contributed by atoms with Gasteiger partial charge in [0, 0.05) is 4.47 Å². The Morgan fingerprint density at radius 3 is 2.95 bits per heavy atom. The van der Waals surface area contributed by atoms with E-state index in [2.05, 4.69) is 37.3 Å². The van der Waals surface area contributed by atoms with E-state index in [1.807, 2.05) is 18.2 Å². The molecule has 0 aromatic heterocycles. The van der Waals surface area contributed by atoms with Crippen LogP contribution in [0.1, 0.15) is 12.8 Å². The van der Waals surface area contributed by atoms with Crippen molar-refractivity contribution in [3.05, 3.63) is 27.1 Å². The van der Waals surface area contributed by atoms with E-state index in [4.69, 9.17) is 15.3 Å². The third-order valence-electron chi connectivity index (χ3n) is 2.86. The predicted molar refractivity (Wildman–Crippen MR) is 77.6 cm³/mol. The van der Waals surface area contributed by atoms with E-state index in [0.29, 0.717) is 13.0 Å². The first kappa shape index (κ1) is 14.8. The van der Waals surface area contributed by atoms with Gasteiger partial charge in [-0.05, 0) is 47.0 Å². The van der Waals surface area contributed by atoms with E-state index in [0.717, 1.165) is 21.1 Å². The number of halogens is 2. The van der Waals surface area contributed by atoms with Crippen LogP contribution in [0.25, 0.3) is 0 Å². The SMILES string of the molecule is NNC(=O)C1CCC(COc2ccc(Br)cc2Br)O1.